The number of rotatable bonds is 4. The van der Waals surface area contributed by atoms with Gasteiger partial charge in [0.1, 0.15) is 0 Å². The molecule has 1 aliphatic rings. The van der Waals surface area contributed by atoms with Crippen LogP contribution < -0.4 is 10.6 Å². The summed E-state index contributed by atoms with van der Waals surface area (Å²) in [5, 5.41) is 15.1. The molecule has 0 radical (unpaired) electrons. The zero-order valence-corrected chi connectivity index (χ0v) is 12.3. The first kappa shape index (κ1) is 15.2. The highest BCUT2D eigenvalue weighted by Gasteiger charge is 2.17. The van der Waals surface area contributed by atoms with Crippen LogP contribution in [0.4, 0.5) is 5.69 Å². The van der Waals surface area contributed by atoms with E-state index in [-0.39, 0.29) is 22.5 Å². The second-order valence-corrected chi connectivity index (χ2v) is 6.04. The van der Waals surface area contributed by atoms with Gasteiger partial charge in [-0.3, -0.25) is 4.79 Å². The van der Waals surface area contributed by atoms with Crippen molar-refractivity contribution < 1.29 is 14.7 Å². The fraction of sp³-hybridized carbons (Fsp3) is 0.385. The molecule has 2 rings (SSSR count). The third kappa shape index (κ3) is 4.13. The first-order valence-electron chi connectivity index (χ1n) is 6.20. The summed E-state index contributed by atoms with van der Waals surface area (Å²) in [6, 6.07) is 4.42. The van der Waals surface area contributed by atoms with Crippen LogP contribution in [0.3, 0.4) is 0 Å². The standard InChI is InChI=1S/C13H15ClN2O3S/c14-10-5-8(13(18)19)1-2-11(10)16-12(17)6-9-7-20-4-3-15-9/h1-2,5,9,15H,3-4,6-7H2,(H,16,17)(H,18,19). The molecule has 1 heterocycles. The lowest BCUT2D eigenvalue weighted by molar-refractivity contribution is -0.116. The number of carbonyl (C=O) groups excluding carboxylic acids is 1. The van der Waals surface area contributed by atoms with Gasteiger partial charge < -0.3 is 15.7 Å². The average molecular weight is 315 g/mol. The van der Waals surface area contributed by atoms with Crippen molar-refractivity contribution >= 4 is 40.9 Å². The number of benzene rings is 1. The predicted molar refractivity (Wildman–Crippen MR) is 80.8 cm³/mol. The summed E-state index contributed by atoms with van der Waals surface area (Å²) in [6.45, 7) is 0.913. The van der Waals surface area contributed by atoms with Gasteiger partial charge in [0.15, 0.2) is 0 Å². The molecule has 7 heteroatoms. The van der Waals surface area contributed by atoms with Gasteiger partial charge in [0.2, 0.25) is 5.91 Å². The lowest BCUT2D eigenvalue weighted by Gasteiger charge is -2.22. The highest BCUT2D eigenvalue weighted by atomic mass is 35.5. The molecule has 1 unspecified atom stereocenters. The number of carbonyl (C=O) groups is 2. The van der Waals surface area contributed by atoms with E-state index in [0.29, 0.717) is 12.1 Å². The molecule has 0 saturated carbocycles. The smallest absolute Gasteiger partial charge is 0.335 e. The van der Waals surface area contributed by atoms with Gasteiger partial charge in [0.25, 0.3) is 0 Å². The second-order valence-electron chi connectivity index (χ2n) is 4.48. The molecule has 1 aromatic rings. The van der Waals surface area contributed by atoms with Gasteiger partial charge in [-0.15, -0.1) is 0 Å². The van der Waals surface area contributed by atoms with Crippen LogP contribution in [0.25, 0.3) is 0 Å². The van der Waals surface area contributed by atoms with Gasteiger partial charge in [-0.05, 0) is 18.2 Å². The van der Waals surface area contributed by atoms with Crippen molar-refractivity contribution in [3.05, 3.63) is 28.8 Å². The quantitative estimate of drug-likeness (QED) is 0.793. The van der Waals surface area contributed by atoms with Gasteiger partial charge in [-0.1, -0.05) is 11.6 Å². The number of nitrogens with one attached hydrogen (secondary N) is 2. The van der Waals surface area contributed by atoms with Crippen LogP contribution in [0.15, 0.2) is 18.2 Å². The topological polar surface area (TPSA) is 78.4 Å². The number of aromatic carboxylic acids is 1. The van der Waals surface area contributed by atoms with Crippen LogP contribution in [0.1, 0.15) is 16.8 Å². The van der Waals surface area contributed by atoms with Crippen LogP contribution in [0, 0.1) is 0 Å². The summed E-state index contributed by atoms with van der Waals surface area (Å²) < 4.78 is 0. The molecule has 0 spiro atoms. The molecule has 1 saturated heterocycles. The molecule has 1 aromatic carbocycles. The van der Waals surface area contributed by atoms with Crippen molar-refractivity contribution in [2.24, 2.45) is 0 Å². The Kier molecular flexibility index (Phi) is 5.28. The van der Waals surface area contributed by atoms with Gasteiger partial charge >= 0.3 is 5.97 Å². The normalized spacial score (nSPS) is 18.6. The molecule has 0 aliphatic carbocycles. The molecule has 108 valence electrons. The molecule has 3 N–H and O–H groups in total. The monoisotopic (exact) mass is 314 g/mol. The molecule has 1 atom stereocenters. The summed E-state index contributed by atoms with van der Waals surface area (Å²) in [4.78, 5) is 22.7. The third-order valence-electron chi connectivity index (χ3n) is 2.92. The van der Waals surface area contributed by atoms with Crippen molar-refractivity contribution in [1.82, 2.24) is 5.32 Å². The Hall–Kier alpha value is -1.24. The summed E-state index contributed by atoms with van der Waals surface area (Å²) in [5.74, 6) is 0.808. The maximum absolute atomic E-state index is 11.9. The molecule has 20 heavy (non-hydrogen) atoms. The average Bonchev–Trinajstić information content (AvgIpc) is 2.42. The first-order valence-corrected chi connectivity index (χ1v) is 7.73. The number of halogens is 1. The van der Waals surface area contributed by atoms with E-state index in [1.165, 1.54) is 18.2 Å². The minimum absolute atomic E-state index is 0.0957. The predicted octanol–water partition coefficient (Wildman–Crippen LogP) is 2.07. The Balaban J connectivity index is 1.95. The third-order valence-corrected chi connectivity index (χ3v) is 4.36. The molecule has 1 aliphatic heterocycles. The van der Waals surface area contributed by atoms with E-state index in [9.17, 15) is 9.59 Å². The minimum atomic E-state index is -1.05. The first-order chi connectivity index (χ1) is 9.56. The number of anilines is 1. The van der Waals surface area contributed by atoms with E-state index in [2.05, 4.69) is 10.6 Å². The minimum Gasteiger partial charge on any atom is -0.478 e. The lowest BCUT2D eigenvalue weighted by atomic mass is 10.2. The van der Waals surface area contributed by atoms with E-state index >= 15 is 0 Å². The maximum atomic E-state index is 11.9. The highest BCUT2D eigenvalue weighted by molar-refractivity contribution is 7.99. The highest BCUT2D eigenvalue weighted by Crippen LogP contribution is 2.23. The van der Waals surface area contributed by atoms with E-state index in [4.69, 9.17) is 16.7 Å². The molecule has 1 fully saturated rings. The van der Waals surface area contributed by atoms with E-state index in [1.807, 2.05) is 11.8 Å². The van der Waals surface area contributed by atoms with E-state index in [1.54, 1.807) is 0 Å². The summed E-state index contributed by atoms with van der Waals surface area (Å²) in [7, 11) is 0. The van der Waals surface area contributed by atoms with Gasteiger partial charge in [0, 0.05) is 30.5 Å². The number of hydrogen-bond acceptors (Lipinski definition) is 4. The Morgan fingerprint density at radius 3 is 2.90 bits per heavy atom. The Morgan fingerprint density at radius 2 is 2.30 bits per heavy atom. The van der Waals surface area contributed by atoms with Crippen LogP contribution in [-0.4, -0.2) is 41.1 Å². The summed E-state index contributed by atoms with van der Waals surface area (Å²) in [5.41, 5.74) is 0.531. The Bertz CT molecular complexity index is 518. The van der Waals surface area contributed by atoms with Gasteiger partial charge in [0.05, 0.1) is 16.3 Å². The van der Waals surface area contributed by atoms with Gasteiger partial charge in [-0.25, -0.2) is 4.79 Å². The fourth-order valence-corrected chi connectivity index (χ4v) is 3.10. The molecular weight excluding hydrogens is 300 g/mol. The molecule has 1 amide bonds. The molecule has 0 aromatic heterocycles. The summed E-state index contributed by atoms with van der Waals surface area (Å²) >= 11 is 7.79. The zero-order chi connectivity index (χ0) is 14.5. The molecule has 5 nitrogen and oxygen atoms in total. The van der Waals surface area contributed by atoms with Crippen LogP contribution >= 0.6 is 23.4 Å². The molecule has 0 bridgehead atoms. The van der Waals surface area contributed by atoms with Crippen molar-refractivity contribution in [2.45, 2.75) is 12.5 Å². The van der Waals surface area contributed by atoms with Crippen molar-refractivity contribution in [2.75, 3.05) is 23.4 Å². The Labute approximate surface area is 126 Å². The second kappa shape index (κ2) is 6.97. The number of hydrogen-bond donors (Lipinski definition) is 3. The summed E-state index contributed by atoms with van der Waals surface area (Å²) in [6.07, 6.45) is 0.379. The maximum Gasteiger partial charge on any atom is 0.335 e. The van der Waals surface area contributed by atoms with Gasteiger partial charge in [-0.2, -0.15) is 11.8 Å². The fourth-order valence-electron chi connectivity index (χ4n) is 1.93. The van der Waals surface area contributed by atoms with E-state index in [0.717, 1.165) is 18.1 Å². The Morgan fingerprint density at radius 1 is 1.50 bits per heavy atom. The number of amides is 1. The van der Waals surface area contributed by atoms with Crippen molar-refractivity contribution in [3.63, 3.8) is 0 Å². The van der Waals surface area contributed by atoms with E-state index < -0.39 is 5.97 Å². The number of carboxylic acid groups (broad SMARTS) is 1. The number of carboxylic acids is 1. The lowest BCUT2D eigenvalue weighted by Crippen LogP contribution is -2.39. The number of thioether (sulfide) groups is 1. The zero-order valence-electron chi connectivity index (χ0n) is 10.7. The van der Waals surface area contributed by atoms with Crippen LogP contribution in [0.5, 0.6) is 0 Å². The largest absolute Gasteiger partial charge is 0.478 e. The van der Waals surface area contributed by atoms with Crippen molar-refractivity contribution in [1.29, 1.82) is 0 Å². The molecular formula is C13H15ClN2O3S. The SMILES string of the molecule is O=C(CC1CSCCN1)Nc1ccc(C(=O)O)cc1Cl. The van der Waals surface area contributed by atoms with Crippen LogP contribution in [-0.2, 0) is 4.79 Å². The van der Waals surface area contributed by atoms with Crippen molar-refractivity contribution in [3.8, 4) is 0 Å². The van der Waals surface area contributed by atoms with Crippen LogP contribution in [0.2, 0.25) is 5.02 Å².